The van der Waals surface area contributed by atoms with Gasteiger partial charge in [-0.3, -0.25) is 0 Å². The van der Waals surface area contributed by atoms with Crippen LogP contribution in [0.1, 0.15) is 45.1 Å². The number of hydrogen-bond donors (Lipinski definition) is 2. The fourth-order valence-corrected chi connectivity index (χ4v) is 3.74. The molecular weight excluding hydrogens is 451 g/mol. The molecule has 0 unspecified atom stereocenters. The Morgan fingerprint density at radius 2 is 1.89 bits per heavy atom. The molecule has 1 saturated carbocycles. The molecule has 2 fully saturated rings. The molecule has 2 N–H and O–H groups in total. The van der Waals surface area contributed by atoms with Crippen molar-refractivity contribution < 1.29 is 0 Å². The van der Waals surface area contributed by atoms with E-state index in [9.17, 15) is 0 Å². The number of nitrogens with one attached hydrogen (secondary N) is 2. The van der Waals surface area contributed by atoms with Gasteiger partial charge in [0.1, 0.15) is 5.82 Å². The van der Waals surface area contributed by atoms with E-state index < -0.39 is 0 Å². The lowest BCUT2D eigenvalue weighted by molar-refractivity contribution is 0.270. The highest BCUT2D eigenvalue weighted by Crippen LogP contribution is 2.17. The van der Waals surface area contributed by atoms with Gasteiger partial charge < -0.3 is 20.4 Å². The van der Waals surface area contributed by atoms with E-state index in [0.717, 1.165) is 56.6 Å². The predicted octanol–water partition coefficient (Wildman–Crippen LogP) is 2.84. The molecule has 0 spiro atoms. The second kappa shape index (κ2) is 11.7. The summed E-state index contributed by atoms with van der Waals surface area (Å²) in [6.45, 7) is 11.4. The largest absolute Gasteiger partial charge is 0.357 e. The van der Waals surface area contributed by atoms with E-state index in [4.69, 9.17) is 4.99 Å². The van der Waals surface area contributed by atoms with E-state index in [-0.39, 0.29) is 24.0 Å². The van der Waals surface area contributed by atoms with Gasteiger partial charge in [-0.1, -0.05) is 25.8 Å². The second-order valence-corrected chi connectivity index (χ2v) is 7.27. The van der Waals surface area contributed by atoms with Gasteiger partial charge in [-0.2, -0.15) is 0 Å². The van der Waals surface area contributed by atoms with Crippen LogP contribution in [-0.4, -0.2) is 61.2 Å². The Labute approximate surface area is 181 Å². The summed E-state index contributed by atoms with van der Waals surface area (Å²) >= 11 is 0. The zero-order chi connectivity index (χ0) is 18.2. The molecule has 6 nitrogen and oxygen atoms in total. The van der Waals surface area contributed by atoms with Crippen LogP contribution in [0.2, 0.25) is 0 Å². The molecule has 3 rings (SSSR count). The average molecular weight is 486 g/mol. The summed E-state index contributed by atoms with van der Waals surface area (Å²) < 4.78 is 0. The van der Waals surface area contributed by atoms with Crippen molar-refractivity contribution in [2.24, 2.45) is 4.99 Å². The van der Waals surface area contributed by atoms with Crippen LogP contribution < -0.4 is 15.5 Å². The second-order valence-electron chi connectivity index (χ2n) is 7.27. The molecule has 7 heteroatoms. The topological polar surface area (TPSA) is 55.8 Å². The molecule has 0 aromatic carbocycles. The van der Waals surface area contributed by atoms with Gasteiger partial charge in [0.25, 0.3) is 0 Å². The number of pyridine rings is 1. The Balaban J connectivity index is 0.00000261. The molecule has 2 heterocycles. The summed E-state index contributed by atoms with van der Waals surface area (Å²) in [5.41, 5.74) is 1.16. The zero-order valence-electron chi connectivity index (χ0n) is 16.8. The van der Waals surface area contributed by atoms with Crippen molar-refractivity contribution in [3.63, 3.8) is 0 Å². The number of aromatic nitrogens is 1. The highest BCUT2D eigenvalue weighted by molar-refractivity contribution is 14.0. The lowest BCUT2D eigenvalue weighted by atomic mass is 10.2. The Bertz CT molecular complexity index is 562. The third-order valence-corrected chi connectivity index (χ3v) is 5.41. The van der Waals surface area contributed by atoms with E-state index in [0.29, 0.717) is 12.6 Å². The molecule has 1 saturated heterocycles. The van der Waals surface area contributed by atoms with Gasteiger partial charge in [-0.15, -0.1) is 24.0 Å². The Morgan fingerprint density at radius 3 is 2.48 bits per heavy atom. The lowest BCUT2D eigenvalue weighted by Crippen LogP contribution is -2.46. The molecule has 1 aliphatic carbocycles. The molecule has 0 bridgehead atoms. The van der Waals surface area contributed by atoms with Gasteiger partial charge in [0, 0.05) is 45.0 Å². The van der Waals surface area contributed by atoms with E-state index in [1.165, 1.54) is 25.7 Å². The average Bonchev–Trinajstić information content (AvgIpc) is 3.20. The minimum Gasteiger partial charge on any atom is -0.357 e. The molecule has 152 valence electrons. The van der Waals surface area contributed by atoms with Gasteiger partial charge in [-0.25, -0.2) is 9.98 Å². The maximum atomic E-state index is 4.74. The minimum atomic E-state index is 0. The zero-order valence-corrected chi connectivity index (χ0v) is 19.1. The van der Waals surface area contributed by atoms with Crippen LogP contribution in [-0.2, 0) is 6.54 Å². The van der Waals surface area contributed by atoms with Gasteiger partial charge in [0.15, 0.2) is 5.96 Å². The Morgan fingerprint density at radius 1 is 1.15 bits per heavy atom. The number of piperazine rings is 1. The molecule has 1 aromatic heterocycles. The number of halogens is 1. The third kappa shape index (κ3) is 6.78. The van der Waals surface area contributed by atoms with E-state index in [1.54, 1.807) is 0 Å². The van der Waals surface area contributed by atoms with Crippen LogP contribution in [0.15, 0.2) is 23.3 Å². The molecule has 1 aliphatic heterocycles. The number of anilines is 1. The maximum absolute atomic E-state index is 4.74. The summed E-state index contributed by atoms with van der Waals surface area (Å²) in [5, 5.41) is 6.92. The van der Waals surface area contributed by atoms with Crippen molar-refractivity contribution in [1.29, 1.82) is 0 Å². The van der Waals surface area contributed by atoms with E-state index in [2.05, 4.69) is 51.4 Å². The Hall–Kier alpha value is -1.09. The maximum Gasteiger partial charge on any atom is 0.191 e. The normalized spacial score (nSPS) is 19.0. The first-order valence-electron chi connectivity index (χ1n) is 10.3. The van der Waals surface area contributed by atoms with Crippen LogP contribution in [0, 0.1) is 0 Å². The molecule has 0 atom stereocenters. The van der Waals surface area contributed by atoms with Gasteiger partial charge in [-0.05, 0) is 37.9 Å². The quantitative estimate of drug-likeness (QED) is 0.368. The molecule has 0 amide bonds. The summed E-state index contributed by atoms with van der Waals surface area (Å²) in [4.78, 5) is 14.3. The predicted molar refractivity (Wildman–Crippen MR) is 124 cm³/mol. The highest BCUT2D eigenvalue weighted by Gasteiger charge is 2.17. The number of nitrogens with zero attached hydrogens (tertiary/aromatic N) is 4. The number of hydrogen-bond acceptors (Lipinski definition) is 4. The van der Waals surface area contributed by atoms with Gasteiger partial charge >= 0.3 is 0 Å². The molecule has 27 heavy (non-hydrogen) atoms. The summed E-state index contributed by atoms with van der Waals surface area (Å²) in [6.07, 6.45) is 7.14. The molecular formula is C20H35IN6. The first kappa shape index (κ1) is 22.2. The van der Waals surface area contributed by atoms with E-state index in [1.807, 2.05) is 6.20 Å². The smallest absolute Gasteiger partial charge is 0.191 e. The lowest BCUT2D eigenvalue weighted by Gasteiger charge is -2.34. The van der Waals surface area contributed by atoms with Gasteiger partial charge in [0.05, 0.1) is 6.54 Å². The summed E-state index contributed by atoms with van der Waals surface area (Å²) in [6, 6.07) is 4.89. The first-order chi connectivity index (χ1) is 12.8. The fraction of sp³-hybridized carbons (Fsp3) is 0.700. The number of aliphatic imine (C=N–C) groups is 1. The van der Waals surface area contributed by atoms with Crippen molar-refractivity contribution in [3.8, 4) is 0 Å². The summed E-state index contributed by atoms with van der Waals surface area (Å²) in [7, 11) is 0. The fourth-order valence-electron chi connectivity index (χ4n) is 3.74. The van der Waals surface area contributed by atoms with Crippen molar-refractivity contribution in [2.45, 2.75) is 52.1 Å². The first-order valence-corrected chi connectivity index (χ1v) is 10.3. The highest BCUT2D eigenvalue weighted by atomic mass is 127. The van der Waals surface area contributed by atoms with Crippen molar-refractivity contribution in [2.75, 3.05) is 44.2 Å². The van der Waals surface area contributed by atoms with Crippen LogP contribution in [0.5, 0.6) is 0 Å². The van der Waals surface area contributed by atoms with Crippen molar-refractivity contribution in [1.82, 2.24) is 20.5 Å². The number of likely N-dealkylation sites (N-methyl/N-ethyl adjacent to an activating group) is 1. The standard InChI is InChI=1S/C20H34N6.HI/c1-3-21-20(24-18-7-5-6-8-18)23-16-17-9-10-19(22-15-17)26-13-11-25(4-2)12-14-26;/h9-10,15,18H,3-8,11-14,16H2,1-2H3,(H2,21,23,24);1H. The van der Waals surface area contributed by atoms with Gasteiger partial charge in [0.2, 0.25) is 0 Å². The molecule has 2 aliphatic rings. The number of guanidine groups is 1. The monoisotopic (exact) mass is 486 g/mol. The van der Waals surface area contributed by atoms with Crippen molar-refractivity contribution in [3.05, 3.63) is 23.9 Å². The van der Waals surface area contributed by atoms with E-state index >= 15 is 0 Å². The van der Waals surface area contributed by atoms with Crippen molar-refractivity contribution >= 4 is 35.8 Å². The molecule has 0 radical (unpaired) electrons. The SMILES string of the molecule is CCNC(=NCc1ccc(N2CCN(CC)CC2)nc1)NC1CCCC1.I. The number of rotatable bonds is 6. The van der Waals surface area contributed by atoms with Crippen LogP contribution >= 0.6 is 24.0 Å². The summed E-state index contributed by atoms with van der Waals surface area (Å²) in [5.74, 6) is 2.02. The van der Waals surface area contributed by atoms with Crippen LogP contribution in [0.4, 0.5) is 5.82 Å². The third-order valence-electron chi connectivity index (χ3n) is 5.41. The van der Waals surface area contributed by atoms with Crippen LogP contribution in [0.25, 0.3) is 0 Å². The minimum absolute atomic E-state index is 0. The Kier molecular flexibility index (Phi) is 9.61. The molecule has 1 aromatic rings. The van der Waals surface area contributed by atoms with Crippen LogP contribution in [0.3, 0.4) is 0 Å².